The lowest BCUT2D eigenvalue weighted by Crippen LogP contribution is -2.30. The van der Waals surface area contributed by atoms with Gasteiger partial charge in [0.1, 0.15) is 13.2 Å². The van der Waals surface area contributed by atoms with Gasteiger partial charge in [-0.3, -0.25) is 14.4 Å². The molecular weight excluding hydrogens is 877 g/mol. The third-order valence-corrected chi connectivity index (χ3v) is 14.8. The summed E-state index contributed by atoms with van der Waals surface area (Å²) in [4.78, 5) is 38.3. The van der Waals surface area contributed by atoms with Crippen molar-refractivity contribution in [1.82, 2.24) is 0 Å². The molecular formula is C65H124O6. The second-order valence-electron chi connectivity index (χ2n) is 22.0. The third kappa shape index (κ3) is 58.9. The highest BCUT2D eigenvalue weighted by Gasteiger charge is 2.19. The van der Waals surface area contributed by atoms with Crippen LogP contribution in [0.4, 0.5) is 0 Å². The van der Waals surface area contributed by atoms with E-state index in [1.54, 1.807) is 0 Å². The second-order valence-corrected chi connectivity index (χ2v) is 22.0. The molecule has 0 amide bonds. The number of hydrogen-bond acceptors (Lipinski definition) is 6. The molecule has 6 nitrogen and oxygen atoms in total. The first-order valence-corrected chi connectivity index (χ1v) is 32.2. The minimum atomic E-state index is -0.768. The predicted octanol–water partition coefficient (Wildman–Crippen LogP) is 21.7. The van der Waals surface area contributed by atoms with Crippen LogP contribution in [-0.2, 0) is 28.6 Å². The lowest BCUT2D eigenvalue weighted by atomic mass is 10.0. The van der Waals surface area contributed by atoms with E-state index in [0.29, 0.717) is 19.3 Å². The average molecular weight is 1000 g/mol. The molecule has 71 heavy (non-hydrogen) atoms. The number of carbonyl (C=O) groups excluding carboxylic acids is 3. The van der Waals surface area contributed by atoms with E-state index in [9.17, 15) is 14.4 Å². The van der Waals surface area contributed by atoms with Crippen molar-refractivity contribution in [3.8, 4) is 0 Å². The van der Waals surface area contributed by atoms with Gasteiger partial charge in [-0.1, -0.05) is 315 Å². The zero-order chi connectivity index (χ0) is 51.4. The first kappa shape index (κ1) is 69.2. The summed E-state index contributed by atoms with van der Waals surface area (Å²) < 4.78 is 17.0. The molecule has 0 aliphatic heterocycles. The summed E-state index contributed by atoms with van der Waals surface area (Å²) in [5.41, 5.74) is 0. The number of ether oxygens (including phenoxy) is 3. The minimum absolute atomic E-state index is 0.0652. The Labute approximate surface area is 443 Å². The lowest BCUT2D eigenvalue weighted by Gasteiger charge is -2.18. The van der Waals surface area contributed by atoms with Gasteiger partial charge in [0.25, 0.3) is 0 Å². The van der Waals surface area contributed by atoms with Gasteiger partial charge in [0.05, 0.1) is 0 Å². The molecule has 0 bridgehead atoms. The monoisotopic (exact) mass is 1000 g/mol. The molecule has 0 spiro atoms. The van der Waals surface area contributed by atoms with Gasteiger partial charge in [-0.25, -0.2) is 0 Å². The van der Waals surface area contributed by atoms with E-state index in [2.05, 4.69) is 32.9 Å². The zero-order valence-electron chi connectivity index (χ0n) is 48.3. The summed E-state index contributed by atoms with van der Waals surface area (Å²) in [6, 6.07) is 0. The van der Waals surface area contributed by atoms with Gasteiger partial charge in [-0.05, 0) is 44.9 Å². The van der Waals surface area contributed by atoms with Crippen molar-refractivity contribution in [2.45, 2.75) is 374 Å². The average Bonchev–Trinajstić information content (AvgIpc) is 3.37. The summed E-state index contributed by atoms with van der Waals surface area (Å²) in [6.07, 6.45) is 70.7. The van der Waals surface area contributed by atoms with Crippen molar-refractivity contribution >= 4 is 17.9 Å². The van der Waals surface area contributed by atoms with Gasteiger partial charge < -0.3 is 14.2 Å². The zero-order valence-corrected chi connectivity index (χ0v) is 48.3. The normalized spacial score (nSPS) is 12.0. The highest BCUT2D eigenvalue weighted by atomic mass is 16.6. The number of carbonyl (C=O) groups is 3. The van der Waals surface area contributed by atoms with Crippen LogP contribution in [0.5, 0.6) is 0 Å². The molecule has 0 radical (unpaired) electrons. The lowest BCUT2D eigenvalue weighted by molar-refractivity contribution is -0.167. The van der Waals surface area contributed by atoms with Crippen LogP contribution in [0.3, 0.4) is 0 Å². The van der Waals surface area contributed by atoms with E-state index in [4.69, 9.17) is 14.2 Å². The molecule has 0 aliphatic carbocycles. The molecule has 0 saturated carbocycles. The molecule has 0 heterocycles. The Bertz CT molecular complexity index is 1100. The molecule has 0 aromatic carbocycles. The molecule has 0 N–H and O–H groups in total. The molecule has 0 unspecified atom stereocenters. The van der Waals surface area contributed by atoms with Gasteiger partial charge in [0.2, 0.25) is 0 Å². The molecule has 0 aliphatic rings. The van der Waals surface area contributed by atoms with Crippen molar-refractivity contribution in [2.24, 2.45) is 0 Å². The van der Waals surface area contributed by atoms with E-state index in [1.807, 2.05) is 0 Å². The summed E-state index contributed by atoms with van der Waals surface area (Å²) in [7, 11) is 0. The fraction of sp³-hybridized carbons (Fsp3) is 0.923. The molecule has 420 valence electrons. The maximum atomic E-state index is 12.9. The minimum Gasteiger partial charge on any atom is -0.462 e. The molecule has 0 fully saturated rings. The van der Waals surface area contributed by atoms with Crippen LogP contribution in [0.1, 0.15) is 367 Å². The molecule has 6 heteroatoms. The number of unbranched alkanes of at least 4 members (excludes halogenated alkanes) is 47. The maximum absolute atomic E-state index is 12.9. The highest BCUT2D eigenvalue weighted by Crippen LogP contribution is 2.18. The van der Waals surface area contributed by atoms with Gasteiger partial charge >= 0.3 is 17.9 Å². The Morgan fingerprint density at radius 3 is 0.704 bits per heavy atom. The van der Waals surface area contributed by atoms with Crippen LogP contribution in [0.15, 0.2) is 12.2 Å². The standard InChI is InChI=1S/C65H124O6/c1-4-7-10-13-16-19-22-25-28-30-31-32-33-35-37-40-43-46-49-52-55-58-64(67)70-61-62(60-69-63(66)57-54-51-48-45-42-39-36-27-24-21-18-15-12-9-6-3)71-65(68)59-56-53-50-47-44-41-38-34-29-26-23-20-17-14-11-8-5-2/h26,29,62H,4-25,27-28,30-61H2,1-3H3/b29-26-/t62-/m0/s1. The second kappa shape index (κ2) is 60.7. The highest BCUT2D eigenvalue weighted by molar-refractivity contribution is 5.71. The fourth-order valence-corrected chi connectivity index (χ4v) is 9.91. The Morgan fingerprint density at radius 1 is 0.268 bits per heavy atom. The van der Waals surface area contributed by atoms with Crippen molar-refractivity contribution in [2.75, 3.05) is 13.2 Å². The van der Waals surface area contributed by atoms with Gasteiger partial charge in [0, 0.05) is 19.3 Å². The Morgan fingerprint density at radius 2 is 0.465 bits per heavy atom. The fourth-order valence-electron chi connectivity index (χ4n) is 9.91. The van der Waals surface area contributed by atoms with Crippen LogP contribution in [-0.4, -0.2) is 37.2 Å². The summed E-state index contributed by atoms with van der Waals surface area (Å²) in [5.74, 6) is -0.838. The number of hydrogen-bond donors (Lipinski definition) is 0. The van der Waals surface area contributed by atoms with Crippen molar-refractivity contribution in [3.63, 3.8) is 0 Å². The first-order valence-electron chi connectivity index (χ1n) is 32.2. The summed E-state index contributed by atoms with van der Waals surface area (Å²) in [6.45, 7) is 6.71. The van der Waals surface area contributed by atoms with Crippen LogP contribution < -0.4 is 0 Å². The molecule has 0 saturated heterocycles. The van der Waals surface area contributed by atoms with E-state index in [1.165, 1.54) is 270 Å². The maximum Gasteiger partial charge on any atom is 0.306 e. The van der Waals surface area contributed by atoms with E-state index >= 15 is 0 Å². The van der Waals surface area contributed by atoms with Crippen molar-refractivity contribution in [3.05, 3.63) is 12.2 Å². The van der Waals surface area contributed by atoms with Crippen LogP contribution >= 0.6 is 0 Å². The molecule has 0 rings (SSSR count). The Balaban J connectivity index is 4.28. The Kier molecular flexibility index (Phi) is 59.1. The number of rotatable bonds is 60. The van der Waals surface area contributed by atoms with Gasteiger partial charge in [-0.2, -0.15) is 0 Å². The van der Waals surface area contributed by atoms with E-state index in [-0.39, 0.29) is 31.1 Å². The molecule has 1 atom stereocenters. The molecule has 0 aromatic rings. The van der Waals surface area contributed by atoms with Crippen molar-refractivity contribution in [1.29, 1.82) is 0 Å². The predicted molar refractivity (Wildman–Crippen MR) is 307 cm³/mol. The quantitative estimate of drug-likeness (QED) is 0.0261. The number of esters is 3. The van der Waals surface area contributed by atoms with Crippen LogP contribution in [0.25, 0.3) is 0 Å². The third-order valence-electron chi connectivity index (χ3n) is 14.8. The summed E-state index contributed by atoms with van der Waals surface area (Å²) >= 11 is 0. The Hall–Kier alpha value is -1.85. The first-order chi connectivity index (χ1) is 35.0. The van der Waals surface area contributed by atoms with Crippen molar-refractivity contribution < 1.29 is 28.6 Å². The van der Waals surface area contributed by atoms with Crippen LogP contribution in [0.2, 0.25) is 0 Å². The van der Waals surface area contributed by atoms with E-state index in [0.717, 1.165) is 57.8 Å². The van der Waals surface area contributed by atoms with Gasteiger partial charge in [0.15, 0.2) is 6.10 Å². The van der Waals surface area contributed by atoms with E-state index < -0.39 is 6.10 Å². The SMILES string of the molecule is CCCCCCCC/C=C\CCCCCCCCCC(=O)O[C@@H](COC(=O)CCCCCCCCCCCCCCCCC)COC(=O)CCCCCCCCCCCCCCCCCCCCCCC. The molecule has 0 aromatic heterocycles. The largest absolute Gasteiger partial charge is 0.462 e. The van der Waals surface area contributed by atoms with Gasteiger partial charge in [-0.15, -0.1) is 0 Å². The number of allylic oxidation sites excluding steroid dienone is 2. The van der Waals surface area contributed by atoms with Crippen LogP contribution in [0, 0.1) is 0 Å². The smallest absolute Gasteiger partial charge is 0.306 e. The summed E-state index contributed by atoms with van der Waals surface area (Å²) in [5, 5.41) is 0. The topological polar surface area (TPSA) is 78.9 Å².